The van der Waals surface area contributed by atoms with E-state index in [-0.39, 0.29) is 11.7 Å². The first-order valence-electron chi connectivity index (χ1n) is 7.68. The number of nitrogens with one attached hydrogen (secondary N) is 1. The number of rotatable bonds is 5. The molecule has 0 atom stereocenters. The molecule has 0 unspecified atom stereocenters. The molecule has 0 bridgehead atoms. The molecule has 0 radical (unpaired) electrons. The minimum Gasteiger partial charge on any atom is -0.347 e. The molecule has 1 amide bonds. The van der Waals surface area contributed by atoms with Crippen LogP contribution in [-0.4, -0.2) is 16.3 Å². The normalized spacial score (nSPS) is 10.8. The van der Waals surface area contributed by atoms with E-state index in [2.05, 4.69) is 25.8 Å². The molecule has 0 spiro atoms. The number of Topliss-reactive ketones (excluding diaryl/α,β-unsaturated/α-hetero) is 1. The van der Waals surface area contributed by atoms with E-state index in [4.69, 9.17) is 0 Å². The van der Waals surface area contributed by atoms with Crippen molar-refractivity contribution in [2.24, 2.45) is 0 Å². The van der Waals surface area contributed by atoms with Gasteiger partial charge in [-0.1, -0.05) is 22.0 Å². The number of nitrogens with zero attached hydrogens (tertiary/aromatic N) is 1. The maximum Gasteiger partial charge on any atom is 0.226 e. The lowest BCUT2D eigenvalue weighted by Crippen LogP contribution is -2.14. The van der Waals surface area contributed by atoms with Gasteiger partial charge in [-0.05, 0) is 54.8 Å². The third-order valence-corrected chi connectivity index (χ3v) is 4.38. The maximum atomic E-state index is 12.1. The Morgan fingerprint density at radius 1 is 1.08 bits per heavy atom. The highest BCUT2D eigenvalue weighted by atomic mass is 79.9. The van der Waals surface area contributed by atoms with Gasteiger partial charge in [0.1, 0.15) is 0 Å². The summed E-state index contributed by atoms with van der Waals surface area (Å²) in [5.41, 5.74) is 2.44. The Morgan fingerprint density at radius 2 is 1.83 bits per heavy atom. The Bertz CT molecular complexity index is 897. The summed E-state index contributed by atoms with van der Waals surface area (Å²) in [7, 11) is 0. The summed E-state index contributed by atoms with van der Waals surface area (Å²) in [5.74, 6) is -0.0408. The highest BCUT2D eigenvalue weighted by Crippen LogP contribution is 2.21. The number of aryl methyl sites for hydroxylation is 1. The number of carbonyl (C=O) groups is 2. The van der Waals surface area contributed by atoms with Crippen LogP contribution in [0.5, 0.6) is 0 Å². The first-order chi connectivity index (χ1) is 11.5. The van der Waals surface area contributed by atoms with Crippen LogP contribution in [0.4, 0.5) is 5.69 Å². The van der Waals surface area contributed by atoms with Crippen LogP contribution in [0.2, 0.25) is 0 Å². The second kappa shape index (κ2) is 7.01. The van der Waals surface area contributed by atoms with E-state index in [1.807, 2.05) is 30.5 Å². The van der Waals surface area contributed by atoms with Gasteiger partial charge in [0.2, 0.25) is 5.91 Å². The van der Waals surface area contributed by atoms with E-state index in [1.165, 1.54) is 6.92 Å². The topological polar surface area (TPSA) is 51.1 Å². The van der Waals surface area contributed by atoms with Crippen LogP contribution in [0.3, 0.4) is 0 Å². The Labute approximate surface area is 148 Å². The van der Waals surface area contributed by atoms with Crippen molar-refractivity contribution in [3.63, 3.8) is 0 Å². The van der Waals surface area contributed by atoms with Crippen molar-refractivity contribution in [3.05, 3.63) is 64.8 Å². The second-order valence-corrected chi connectivity index (χ2v) is 6.56. The van der Waals surface area contributed by atoms with Gasteiger partial charge in [0.05, 0.1) is 0 Å². The average Bonchev–Trinajstić information content (AvgIpc) is 2.95. The summed E-state index contributed by atoms with van der Waals surface area (Å²) in [6.45, 7) is 2.13. The van der Waals surface area contributed by atoms with Gasteiger partial charge < -0.3 is 9.88 Å². The van der Waals surface area contributed by atoms with Gasteiger partial charge in [-0.25, -0.2) is 0 Å². The summed E-state index contributed by atoms with van der Waals surface area (Å²) < 4.78 is 3.09. The molecule has 1 aromatic heterocycles. The summed E-state index contributed by atoms with van der Waals surface area (Å²) in [5, 5.41) is 4.01. The summed E-state index contributed by atoms with van der Waals surface area (Å²) in [6.07, 6.45) is 2.37. The number of anilines is 1. The van der Waals surface area contributed by atoms with Crippen LogP contribution in [-0.2, 0) is 11.3 Å². The number of carbonyl (C=O) groups excluding carboxylic acids is 2. The van der Waals surface area contributed by atoms with E-state index in [0.717, 1.165) is 15.4 Å². The summed E-state index contributed by atoms with van der Waals surface area (Å²) >= 11 is 3.47. The minimum atomic E-state index is -0.0533. The number of amides is 1. The van der Waals surface area contributed by atoms with Gasteiger partial charge in [-0.2, -0.15) is 0 Å². The average molecular weight is 385 g/mol. The zero-order valence-corrected chi connectivity index (χ0v) is 14.8. The van der Waals surface area contributed by atoms with Crippen molar-refractivity contribution in [2.45, 2.75) is 19.9 Å². The van der Waals surface area contributed by atoms with Crippen LogP contribution in [0.15, 0.2) is 59.2 Å². The van der Waals surface area contributed by atoms with Crippen molar-refractivity contribution in [3.8, 4) is 0 Å². The molecule has 3 aromatic rings. The Morgan fingerprint density at radius 3 is 2.54 bits per heavy atom. The van der Waals surface area contributed by atoms with Crippen molar-refractivity contribution in [2.75, 3.05) is 5.32 Å². The summed E-state index contributed by atoms with van der Waals surface area (Å²) in [6, 6.07) is 15.1. The largest absolute Gasteiger partial charge is 0.347 e. The van der Waals surface area contributed by atoms with Gasteiger partial charge in [0, 0.05) is 40.4 Å². The van der Waals surface area contributed by atoms with E-state index < -0.39 is 0 Å². The van der Waals surface area contributed by atoms with Crippen LogP contribution in [0, 0.1) is 0 Å². The first-order valence-corrected chi connectivity index (χ1v) is 8.47. The highest BCUT2D eigenvalue weighted by molar-refractivity contribution is 9.10. The van der Waals surface area contributed by atoms with Crippen molar-refractivity contribution < 1.29 is 9.59 Å². The third kappa shape index (κ3) is 3.74. The molecule has 0 fully saturated rings. The Balaban J connectivity index is 1.62. The molecule has 4 nitrogen and oxygen atoms in total. The Hall–Kier alpha value is -2.40. The van der Waals surface area contributed by atoms with Gasteiger partial charge in [-0.15, -0.1) is 0 Å². The predicted octanol–water partition coefficient (Wildman–Crippen LogP) is 4.64. The van der Waals surface area contributed by atoms with Crippen LogP contribution >= 0.6 is 15.9 Å². The first kappa shape index (κ1) is 16.5. The SMILES string of the molecule is CC(=O)c1ccc(NC(=O)CCn2ccc3ccc(Br)cc32)cc1. The molecule has 3 rings (SSSR count). The fourth-order valence-corrected chi connectivity index (χ4v) is 2.93. The number of aromatic nitrogens is 1. The second-order valence-electron chi connectivity index (χ2n) is 5.64. The van der Waals surface area contributed by atoms with Crippen LogP contribution in [0.1, 0.15) is 23.7 Å². The molecule has 0 saturated carbocycles. The number of fused-ring (bicyclic) bond motifs is 1. The number of hydrogen-bond acceptors (Lipinski definition) is 2. The molecule has 1 heterocycles. The van der Waals surface area contributed by atoms with E-state index in [9.17, 15) is 9.59 Å². The fourth-order valence-electron chi connectivity index (χ4n) is 2.59. The van der Waals surface area contributed by atoms with Gasteiger partial charge in [-0.3, -0.25) is 9.59 Å². The third-order valence-electron chi connectivity index (χ3n) is 3.89. The molecule has 24 heavy (non-hydrogen) atoms. The maximum absolute atomic E-state index is 12.1. The smallest absolute Gasteiger partial charge is 0.226 e. The molecule has 0 aliphatic carbocycles. The molecule has 122 valence electrons. The predicted molar refractivity (Wildman–Crippen MR) is 99.3 cm³/mol. The number of halogens is 1. The fraction of sp³-hybridized carbons (Fsp3) is 0.158. The lowest BCUT2D eigenvalue weighted by atomic mass is 10.1. The van der Waals surface area contributed by atoms with Crippen molar-refractivity contribution in [1.82, 2.24) is 4.57 Å². The van der Waals surface area contributed by atoms with E-state index >= 15 is 0 Å². The molecular formula is C19H17BrN2O2. The van der Waals surface area contributed by atoms with Gasteiger partial charge in [0.15, 0.2) is 5.78 Å². The Kier molecular flexibility index (Phi) is 4.81. The van der Waals surface area contributed by atoms with E-state index in [0.29, 0.717) is 24.2 Å². The zero-order valence-electron chi connectivity index (χ0n) is 13.3. The van der Waals surface area contributed by atoms with E-state index in [1.54, 1.807) is 24.3 Å². The lowest BCUT2D eigenvalue weighted by Gasteiger charge is -2.08. The van der Waals surface area contributed by atoms with Crippen molar-refractivity contribution in [1.29, 1.82) is 0 Å². The lowest BCUT2D eigenvalue weighted by molar-refractivity contribution is -0.116. The summed E-state index contributed by atoms with van der Waals surface area (Å²) in [4.78, 5) is 23.4. The minimum absolute atomic E-state index is 0.0125. The van der Waals surface area contributed by atoms with Crippen LogP contribution in [0.25, 0.3) is 10.9 Å². The number of hydrogen-bond donors (Lipinski definition) is 1. The highest BCUT2D eigenvalue weighted by Gasteiger charge is 2.06. The monoisotopic (exact) mass is 384 g/mol. The van der Waals surface area contributed by atoms with Crippen LogP contribution < -0.4 is 5.32 Å². The van der Waals surface area contributed by atoms with Crippen molar-refractivity contribution >= 4 is 44.2 Å². The number of benzene rings is 2. The molecule has 5 heteroatoms. The standard InChI is InChI=1S/C19H17BrN2O2/c1-13(23)14-3-6-17(7-4-14)21-19(24)9-11-22-10-8-15-2-5-16(20)12-18(15)22/h2-8,10,12H,9,11H2,1H3,(H,21,24). The van der Waals surface area contributed by atoms with Gasteiger partial charge >= 0.3 is 0 Å². The van der Waals surface area contributed by atoms with Gasteiger partial charge in [0.25, 0.3) is 0 Å². The quantitative estimate of drug-likeness (QED) is 0.651. The number of ketones is 1. The molecule has 0 saturated heterocycles. The molecule has 0 aliphatic rings. The zero-order chi connectivity index (χ0) is 17.1. The molecule has 0 aliphatic heterocycles. The molecule has 1 N–H and O–H groups in total. The molecular weight excluding hydrogens is 368 g/mol. The molecule has 2 aromatic carbocycles.